The Morgan fingerprint density at radius 1 is 1.04 bits per heavy atom. The van der Waals surface area contributed by atoms with Crippen LogP contribution in [0.1, 0.15) is 10.4 Å². The molecule has 2 N–H and O–H groups in total. The van der Waals surface area contributed by atoms with Crippen molar-refractivity contribution < 1.29 is 9.90 Å². The van der Waals surface area contributed by atoms with Gasteiger partial charge in [0, 0.05) is 5.69 Å². The van der Waals surface area contributed by atoms with E-state index in [1.54, 1.807) is 30.3 Å². The molecule has 0 saturated heterocycles. The summed E-state index contributed by atoms with van der Waals surface area (Å²) in [7, 11) is 0. The molecule has 4 rings (SSSR count). The van der Waals surface area contributed by atoms with Crippen molar-refractivity contribution in [2.24, 2.45) is 0 Å². The van der Waals surface area contributed by atoms with Crippen LogP contribution in [0, 0.1) is 0 Å². The average Bonchev–Trinajstić information content (AvgIpc) is 3.09. The SMILES string of the molecule is O=C(Nc1ccc(O)c(-c2nc3ccccc3s2)c1)c1cccc(Cl)c1Cl. The van der Waals surface area contributed by atoms with E-state index in [9.17, 15) is 9.90 Å². The van der Waals surface area contributed by atoms with Crippen molar-refractivity contribution in [3.63, 3.8) is 0 Å². The van der Waals surface area contributed by atoms with Crippen molar-refractivity contribution >= 4 is 56.3 Å². The molecule has 0 atom stereocenters. The third kappa shape index (κ3) is 3.49. The molecule has 0 aliphatic heterocycles. The Labute approximate surface area is 169 Å². The van der Waals surface area contributed by atoms with Gasteiger partial charge in [0.15, 0.2) is 0 Å². The van der Waals surface area contributed by atoms with Crippen LogP contribution in [0.15, 0.2) is 60.7 Å². The molecule has 0 radical (unpaired) electrons. The molecular weight excluding hydrogens is 403 g/mol. The third-order valence-electron chi connectivity index (χ3n) is 3.97. The zero-order valence-corrected chi connectivity index (χ0v) is 16.1. The highest BCUT2D eigenvalue weighted by molar-refractivity contribution is 7.21. The molecule has 1 aromatic heterocycles. The smallest absolute Gasteiger partial charge is 0.257 e. The number of phenolic OH excluding ortho intramolecular Hbond substituents is 1. The second-order valence-electron chi connectivity index (χ2n) is 5.77. The highest BCUT2D eigenvalue weighted by atomic mass is 35.5. The number of thiazole rings is 1. The maximum Gasteiger partial charge on any atom is 0.257 e. The van der Waals surface area contributed by atoms with E-state index in [4.69, 9.17) is 23.2 Å². The molecular formula is C20H12Cl2N2O2S. The molecule has 27 heavy (non-hydrogen) atoms. The number of hydrogen-bond acceptors (Lipinski definition) is 4. The number of nitrogens with zero attached hydrogens (tertiary/aromatic N) is 1. The summed E-state index contributed by atoms with van der Waals surface area (Å²) in [5.74, 6) is -0.295. The minimum Gasteiger partial charge on any atom is -0.507 e. The van der Waals surface area contributed by atoms with Crippen LogP contribution in [-0.4, -0.2) is 16.0 Å². The summed E-state index contributed by atoms with van der Waals surface area (Å²) in [4.78, 5) is 17.1. The fourth-order valence-electron chi connectivity index (χ4n) is 2.65. The lowest BCUT2D eigenvalue weighted by Gasteiger charge is -2.09. The van der Waals surface area contributed by atoms with Gasteiger partial charge in [-0.05, 0) is 42.5 Å². The summed E-state index contributed by atoms with van der Waals surface area (Å²) in [5, 5.41) is 14.2. The van der Waals surface area contributed by atoms with E-state index in [0.717, 1.165) is 10.2 Å². The average molecular weight is 415 g/mol. The molecule has 0 spiro atoms. The number of aromatic nitrogens is 1. The molecule has 0 bridgehead atoms. The number of para-hydroxylation sites is 1. The van der Waals surface area contributed by atoms with E-state index < -0.39 is 0 Å². The van der Waals surface area contributed by atoms with Gasteiger partial charge < -0.3 is 10.4 Å². The number of nitrogens with one attached hydrogen (secondary N) is 1. The first-order valence-corrected chi connectivity index (χ1v) is 9.54. The Balaban J connectivity index is 1.68. The van der Waals surface area contributed by atoms with Crippen LogP contribution in [0.3, 0.4) is 0 Å². The van der Waals surface area contributed by atoms with E-state index in [1.165, 1.54) is 17.4 Å². The molecule has 1 amide bonds. The molecule has 0 unspecified atom stereocenters. The number of rotatable bonds is 3. The maximum atomic E-state index is 12.5. The zero-order valence-electron chi connectivity index (χ0n) is 13.7. The molecule has 7 heteroatoms. The summed E-state index contributed by atoms with van der Waals surface area (Å²) in [5.41, 5.74) is 2.20. The first-order valence-electron chi connectivity index (χ1n) is 7.97. The maximum absolute atomic E-state index is 12.5. The van der Waals surface area contributed by atoms with Crippen LogP contribution in [0.5, 0.6) is 5.75 Å². The number of halogens is 2. The summed E-state index contributed by atoms with van der Waals surface area (Å²) >= 11 is 13.6. The largest absolute Gasteiger partial charge is 0.507 e. The van der Waals surface area contributed by atoms with Crippen molar-refractivity contribution in [3.05, 3.63) is 76.3 Å². The summed E-state index contributed by atoms with van der Waals surface area (Å²) in [6.07, 6.45) is 0. The number of hydrogen-bond donors (Lipinski definition) is 2. The molecule has 3 aromatic carbocycles. The standard InChI is InChI=1S/C20H12Cl2N2O2S/c21-14-5-3-4-12(18(14)22)19(26)23-11-8-9-16(25)13(10-11)20-24-15-6-1-2-7-17(15)27-20/h1-10,25H,(H,23,26). The van der Waals surface area contributed by atoms with Gasteiger partial charge in [0.1, 0.15) is 10.8 Å². The minimum absolute atomic E-state index is 0.0906. The van der Waals surface area contributed by atoms with E-state index in [1.807, 2.05) is 24.3 Å². The number of fused-ring (bicyclic) bond motifs is 1. The fraction of sp³-hybridized carbons (Fsp3) is 0. The quantitative estimate of drug-likeness (QED) is 0.390. The fourth-order valence-corrected chi connectivity index (χ4v) is 4.03. The minimum atomic E-state index is -0.386. The molecule has 0 saturated carbocycles. The number of aromatic hydroxyl groups is 1. The van der Waals surface area contributed by atoms with Gasteiger partial charge in [-0.2, -0.15) is 0 Å². The summed E-state index contributed by atoms with van der Waals surface area (Å²) in [6, 6.07) is 17.4. The first-order chi connectivity index (χ1) is 13.0. The van der Waals surface area contributed by atoms with Gasteiger partial charge in [-0.15, -0.1) is 11.3 Å². The normalized spacial score (nSPS) is 10.9. The van der Waals surface area contributed by atoms with Crippen LogP contribution in [-0.2, 0) is 0 Å². The summed E-state index contributed by atoms with van der Waals surface area (Å²) in [6.45, 7) is 0. The van der Waals surface area contributed by atoms with Crippen LogP contribution >= 0.6 is 34.5 Å². The van der Waals surface area contributed by atoms with E-state index >= 15 is 0 Å². The number of carbonyl (C=O) groups is 1. The third-order valence-corrected chi connectivity index (χ3v) is 5.86. The lowest BCUT2D eigenvalue weighted by atomic mass is 10.1. The Morgan fingerprint density at radius 2 is 1.85 bits per heavy atom. The predicted molar refractivity (Wildman–Crippen MR) is 111 cm³/mol. The second-order valence-corrected chi connectivity index (χ2v) is 7.59. The van der Waals surface area contributed by atoms with E-state index in [-0.39, 0.29) is 22.2 Å². The van der Waals surface area contributed by atoms with Gasteiger partial charge in [0.2, 0.25) is 0 Å². The van der Waals surface area contributed by atoms with Crippen LogP contribution < -0.4 is 5.32 Å². The van der Waals surface area contributed by atoms with Crippen LogP contribution in [0.4, 0.5) is 5.69 Å². The van der Waals surface area contributed by atoms with Crippen molar-refractivity contribution in [2.75, 3.05) is 5.32 Å². The second kappa shape index (κ2) is 7.19. The number of benzene rings is 3. The number of phenols is 1. The lowest BCUT2D eigenvalue weighted by molar-refractivity contribution is 0.102. The molecule has 4 nitrogen and oxygen atoms in total. The molecule has 4 aromatic rings. The van der Waals surface area contributed by atoms with Gasteiger partial charge >= 0.3 is 0 Å². The number of anilines is 1. The molecule has 1 heterocycles. The Bertz CT molecular complexity index is 1140. The predicted octanol–water partition coefficient (Wildman–Crippen LogP) is 6.23. The topological polar surface area (TPSA) is 62.2 Å². The Kier molecular flexibility index (Phi) is 4.74. The zero-order chi connectivity index (χ0) is 19.0. The molecule has 0 aliphatic carbocycles. The molecule has 0 fully saturated rings. The van der Waals surface area contributed by atoms with Gasteiger partial charge in [0.05, 0.1) is 31.4 Å². The van der Waals surface area contributed by atoms with Crippen molar-refractivity contribution in [1.29, 1.82) is 0 Å². The van der Waals surface area contributed by atoms with Crippen molar-refractivity contribution in [1.82, 2.24) is 4.98 Å². The Morgan fingerprint density at radius 3 is 2.67 bits per heavy atom. The molecule has 134 valence electrons. The number of carbonyl (C=O) groups excluding carboxylic acids is 1. The highest BCUT2D eigenvalue weighted by Crippen LogP contribution is 2.37. The van der Waals surface area contributed by atoms with Gasteiger partial charge in [0.25, 0.3) is 5.91 Å². The summed E-state index contributed by atoms with van der Waals surface area (Å²) < 4.78 is 1.02. The van der Waals surface area contributed by atoms with Crippen LogP contribution in [0.2, 0.25) is 10.0 Å². The van der Waals surface area contributed by atoms with Crippen molar-refractivity contribution in [2.45, 2.75) is 0 Å². The van der Waals surface area contributed by atoms with Crippen LogP contribution in [0.25, 0.3) is 20.8 Å². The number of amides is 1. The highest BCUT2D eigenvalue weighted by Gasteiger charge is 2.15. The van der Waals surface area contributed by atoms with Gasteiger partial charge in [-0.3, -0.25) is 4.79 Å². The first kappa shape index (κ1) is 17.8. The lowest BCUT2D eigenvalue weighted by Crippen LogP contribution is -2.12. The van der Waals surface area contributed by atoms with E-state index in [2.05, 4.69) is 10.3 Å². The van der Waals surface area contributed by atoms with Gasteiger partial charge in [-0.25, -0.2) is 4.98 Å². The molecule has 0 aliphatic rings. The van der Waals surface area contributed by atoms with Crippen molar-refractivity contribution in [3.8, 4) is 16.3 Å². The monoisotopic (exact) mass is 414 g/mol. The van der Waals surface area contributed by atoms with E-state index in [0.29, 0.717) is 21.3 Å². The Hall–Kier alpha value is -2.60. The van der Waals surface area contributed by atoms with Gasteiger partial charge in [-0.1, -0.05) is 41.4 Å².